The lowest BCUT2D eigenvalue weighted by Crippen LogP contribution is -2.26. The Bertz CT molecular complexity index is 531. The van der Waals surface area contributed by atoms with E-state index >= 15 is 0 Å². The monoisotopic (exact) mass is 262 g/mol. The highest BCUT2D eigenvalue weighted by molar-refractivity contribution is 5.99. The van der Waals surface area contributed by atoms with Gasteiger partial charge in [-0.15, -0.1) is 0 Å². The Hall–Kier alpha value is -1.84. The molecule has 1 aromatic carbocycles. The molecule has 0 spiro atoms. The molecule has 0 fully saturated rings. The predicted octanol–water partition coefficient (Wildman–Crippen LogP) is 2.69. The van der Waals surface area contributed by atoms with E-state index in [-0.39, 0.29) is 18.3 Å². The third kappa shape index (κ3) is 2.78. The molecule has 19 heavy (non-hydrogen) atoms. The summed E-state index contributed by atoms with van der Waals surface area (Å²) in [6.07, 6.45) is 0.923. The summed E-state index contributed by atoms with van der Waals surface area (Å²) in [5, 5.41) is 9.05. The lowest BCUT2D eigenvalue weighted by atomic mass is 9.85. The zero-order chi connectivity index (χ0) is 14.2. The van der Waals surface area contributed by atoms with E-state index in [0.717, 1.165) is 17.7 Å². The van der Waals surface area contributed by atoms with E-state index < -0.39 is 11.4 Å². The normalized spacial score (nSPS) is 17.7. The number of rotatable bonds is 4. The smallest absolute Gasteiger partial charge is 0.309 e. The number of carbonyl (C=O) groups excluding carboxylic acids is 1. The van der Waals surface area contributed by atoms with E-state index in [1.165, 1.54) is 0 Å². The number of aliphatic carboxylic acids is 1. The van der Waals surface area contributed by atoms with Crippen LogP contribution < -0.4 is 4.74 Å². The second kappa shape index (κ2) is 4.68. The van der Waals surface area contributed by atoms with Crippen LogP contribution in [-0.2, 0) is 11.2 Å². The van der Waals surface area contributed by atoms with Crippen molar-refractivity contribution in [2.75, 3.05) is 0 Å². The van der Waals surface area contributed by atoms with E-state index in [9.17, 15) is 9.59 Å². The number of hydrogen-bond donors (Lipinski definition) is 1. The van der Waals surface area contributed by atoms with Crippen molar-refractivity contribution in [2.24, 2.45) is 5.41 Å². The van der Waals surface area contributed by atoms with Crippen molar-refractivity contribution in [3.63, 3.8) is 0 Å². The van der Waals surface area contributed by atoms with Gasteiger partial charge in [-0.2, -0.15) is 0 Å². The fourth-order valence-electron chi connectivity index (χ4n) is 2.17. The molecule has 1 N–H and O–H groups in total. The minimum atomic E-state index is -1.04. The van der Waals surface area contributed by atoms with Crippen LogP contribution in [0.2, 0.25) is 0 Å². The third-order valence-corrected chi connectivity index (χ3v) is 3.40. The average Bonchev–Trinajstić information content (AvgIpc) is 2.66. The summed E-state index contributed by atoms with van der Waals surface area (Å²) in [5.41, 5.74) is 0.539. The zero-order valence-electron chi connectivity index (χ0n) is 11.4. The number of benzene rings is 1. The van der Waals surface area contributed by atoms with Crippen molar-refractivity contribution in [2.45, 2.75) is 39.7 Å². The molecule has 0 aliphatic carbocycles. The molecule has 0 bridgehead atoms. The van der Waals surface area contributed by atoms with Crippen LogP contribution in [0.15, 0.2) is 18.2 Å². The maximum Gasteiger partial charge on any atom is 0.309 e. The van der Waals surface area contributed by atoms with Crippen molar-refractivity contribution >= 4 is 11.8 Å². The molecule has 1 unspecified atom stereocenters. The summed E-state index contributed by atoms with van der Waals surface area (Å²) in [7, 11) is 0. The molecule has 0 saturated heterocycles. The molecule has 1 atom stereocenters. The molecule has 1 aliphatic heterocycles. The Morgan fingerprint density at radius 3 is 2.74 bits per heavy atom. The largest absolute Gasteiger partial charge is 0.490 e. The van der Waals surface area contributed by atoms with Gasteiger partial charge < -0.3 is 9.84 Å². The molecule has 4 heteroatoms. The number of ketones is 1. The minimum Gasteiger partial charge on any atom is -0.490 e. The number of carboxylic acids is 1. The van der Waals surface area contributed by atoms with Crippen LogP contribution in [0.1, 0.15) is 43.1 Å². The van der Waals surface area contributed by atoms with Gasteiger partial charge >= 0.3 is 5.97 Å². The first-order valence-electron chi connectivity index (χ1n) is 6.36. The standard InChI is InChI=1S/C15H18O4/c1-9-6-11-7-10(4-5-13(11)19-9)12(16)8-15(2,3)14(17)18/h4-5,7,9H,6,8H2,1-3H3,(H,17,18). The summed E-state index contributed by atoms with van der Waals surface area (Å²) in [6, 6.07) is 5.32. The molecule has 0 saturated carbocycles. The topological polar surface area (TPSA) is 63.6 Å². The number of fused-ring (bicyclic) bond motifs is 1. The summed E-state index contributed by atoms with van der Waals surface area (Å²) in [5.74, 6) is -0.282. The summed E-state index contributed by atoms with van der Waals surface area (Å²) < 4.78 is 5.58. The van der Waals surface area contributed by atoms with Gasteiger partial charge in [-0.05, 0) is 44.5 Å². The molecule has 1 aliphatic rings. The van der Waals surface area contributed by atoms with Gasteiger partial charge in [-0.3, -0.25) is 9.59 Å². The van der Waals surface area contributed by atoms with E-state index in [0.29, 0.717) is 5.56 Å². The van der Waals surface area contributed by atoms with Crippen LogP contribution in [0.4, 0.5) is 0 Å². The van der Waals surface area contributed by atoms with Gasteiger partial charge in [-0.1, -0.05) is 0 Å². The van der Waals surface area contributed by atoms with Crippen molar-refractivity contribution in [1.82, 2.24) is 0 Å². The zero-order valence-corrected chi connectivity index (χ0v) is 11.4. The Balaban J connectivity index is 2.18. The number of Topliss-reactive ketones (excluding diaryl/α,β-unsaturated/α-hetero) is 1. The summed E-state index contributed by atoms with van der Waals surface area (Å²) >= 11 is 0. The highest BCUT2D eigenvalue weighted by Gasteiger charge is 2.31. The lowest BCUT2D eigenvalue weighted by molar-refractivity contribution is -0.146. The molecule has 0 amide bonds. The molecular weight excluding hydrogens is 244 g/mol. The Morgan fingerprint density at radius 2 is 2.11 bits per heavy atom. The van der Waals surface area contributed by atoms with Crippen molar-refractivity contribution in [1.29, 1.82) is 0 Å². The maximum atomic E-state index is 12.1. The highest BCUT2D eigenvalue weighted by atomic mass is 16.5. The molecule has 2 rings (SSSR count). The van der Waals surface area contributed by atoms with Crippen molar-refractivity contribution in [3.8, 4) is 5.75 Å². The van der Waals surface area contributed by atoms with Gasteiger partial charge in [0.05, 0.1) is 5.41 Å². The minimum absolute atomic E-state index is 0.00245. The Morgan fingerprint density at radius 1 is 1.42 bits per heavy atom. The van der Waals surface area contributed by atoms with E-state index in [1.54, 1.807) is 26.0 Å². The first-order chi connectivity index (χ1) is 8.79. The SMILES string of the molecule is CC1Cc2cc(C(=O)CC(C)(C)C(=O)O)ccc2O1. The van der Waals surface area contributed by atoms with Crippen LogP contribution >= 0.6 is 0 Å². The van der Waals surface area contributed by atoms with E-state index in [4.69, 9.17) is 9.84 Å². The molecule has 4 nitrogen and oxygen atoms in total. The van der Waals surface area contributed by atoms with Crippen LogP contribution in [0.3, 0.4) is 0 Å². The molecule has 1 aromatic rings. The maximum absolute atomic E-state index is 12.1. The van der Waals surface area contributed by atoms with E-state index in [1.807, 2.05) is 13.0 Å². The predicted molar refractivity (Wildman–Crippen MR) is 70.6 cm³/mol. The first kappa shape index (κ1) is 13.6. The Kier molecular flexibility index (Phi) is 3.35. The fourth-order valence-corrected chi connectivity index (χ4v) is 2.17. The first-order valence-corrected chi connectivity index (χ1v) is 6.36. The summed E-state index contributed by atoms with van der Waals surface area (Å²) in [4.78, 5) is 23.2. The molecule has 102 valence electrons. The number of carbonyl (C=O) groups is 2. The summed E-state index contributed by atoms with van der Waals surface area (Å²) in [6.45, 7) is 5.10. The molecular formula is C15H18O4. The van der Waals surface area contributed by atoms with Gasteiger partial charge in [0.15, 0.2) is 5.78 Å². The molecule has 0 radical (unpaired) electrons. The van der Waals surface area contributed by atoms with Crippen molar-refractivity contribution < 1.29 is 19.4 Å². The highest BCUT2D eigenvalue weighted by Crippen LogP contribution is 2.31. The van der Waals surface area contributed by atoms with Crippen LogP contribution in [0.5, 0.6) is 5.75 Å². The number of ether oxygens (including phenoxy) is 1. The number of hydrogen-bond acceptors (Lipinski definition) is 3. The molecule has 1 heterocycles. The van der Waals surface area contributed by atoms with Crippen LogP contribution in [0, 0.1) is 5.41 Å². The Labute approximate surface area is 112 Å². The average molecular weight is 262 g/mol. The van der Waals surface area contributed by atoms with Crippen LogP contribution in [-0.4, -0.2) is 23.0 Å². The van der Waals surface area contributed by atoms with Crippen molar-refractivity contribution in [3.05, 3.63) is 29.3 Å². The second-order valence-corrected chi connectivity index (χ2v) is 5.74. The third-order valence-electron chi connectivity index (χ3n) is 3.40. The van der Waals surface area contributed by atoms with Gasteiger partial charge in [0, 0.05) is 18.4 Å². The van der Waals surface area contributed by atoms with Gasteiger partial charge in [-0.25, -0.2) is 0 Å². The van der Waals surface area contributed by atoms with E-state index in [2.05, 4.69) is 0 Å². The second-order valence-electron chi connectivity index (χ2n) is 5.74. The van der Waals surface area contributed by atoms with Gasteiger partial charge in [0.1, 0.15) is 11.9 Å². The van der Waals surface area contributed by atoms with Crippen LogP contribution in [0.25, 0.3) is 0 Å². The quantitative estimate of drug-likeness (QED) is 0.847. The fraction of sp³-hybridized carbons (Fsp3) is 0.467. The van der Waals surface area contributed by atoms with Gasteiger partial charge in [0.2, 0.25) is 0 Å². The lowest BCUT2D eigenvalue weighted by Gasteiger charge is -2.17. The van der Waals surface area contributed by atoms with Gasteiger partial charge in [0.25, 0.3) is 0 Å². The molecule has 0 aromatic heterocycles. The number of carboxylic acid groups (broad SMARTS) is 1.